The van der Waals surface area contributed by atoms with Crippen molar-refractivity contribution in [2.45, 2.75) is 76.7 Å². The highest BCUT2D eigenvalue weighted by atomic mass is 16.5. The van der Waals surface area contributed by atoms with E-state index in [0.29, 0.717) is 24.7 Å². The first-order valence-electron chi connectivity index (χ1n) is 9.22. The molecule has 5 heteroatoms. The van der Waals surface area contributed by atoms with Gasteiger partial charge in [-0.05, 0) is 37.5 Å². The number of carboxylic acids is 1. The summed E-state index contributed by atoms with van der Waals surface area (Å²) >= 11 is 0. The second-order valence-corrected chi connectivity index (χ2v) is 7.20. The molecule has 1 aliphatic heterocycles. The van der Waals surface area contributed by atoms with E-state index < -0.39 is 5.97 Å². The van der Waals surface area contributed by atoms with Gasteiger partial charge in [0.2, 0.25) is 5.91 Å². The number of ether oxygens (including phenoxy) is 1. The molecule has 2 unspecified atom stereocenters. The van der Waals surface area contributed by atoms with E-state index in [-0.39, 0.29) is 18.4 Å². The van der Waals surface area contributed by atoms with Crippen LogP contribution in [0.3, 0.4) is 0 Å². The first kappa shape index (κ1) is 18.2. The SMILES string of the molecule is O=C(O)CCC(CC1CCCCC1)NC(=O)CCC1CCOC1. The lowest BCUT2D eigenvalue weighted by atomic mass is 9.84. The van der Waals surface area contributed by atoms with Crippen molar-refractivity contribution in [3.8, 4) is 0 Å². The minimum atomic E-state index is -0.781. The number of amides is 1. The molecule has 2 N–H and O–H groups in total. The second kappa shape index (κ2) is 9.91. The minimum Gasteiger partial charge on any atom is -0.481 e. The number of carboxylic acid groups (broad SMARTS) is 1. The van der Waals surface area contributed by atoms with Gasteiger partial charge in [0.1, 0.15) is 0 Å². The van der Waals surface area contributed by atoms with Crippen LogP contribution in [0.5, 0.6) is 0 Å². The first-order chi connectivity index (χ1) is 11.1. The molecule has 1 heterocycles. The Hall–Kier alpha value is -1.10. The number of carbonyl (C=O) groups is 2. The standard InChI is InChI=1S/C18H31NO4/c20-17(8-6-15-10-11-23-13-15)19-16(7-9-18(21)22)12-14-4-2-1-3-5-14/h14-16H,1-13H2,(H,19,20)(H,21,22). The molecule has 0 bridgehead atoms. The zero-order valence-electron chi connectivity index (χ0n) is 14.1. The maximum atomic E-state index is 12.2. The summed E-state index contributed by atoms with van der Waals surface area (Å²) in [5, 5.41) is 12.0. The fraction of sp³-hybridized carbons (Fsp3) is 0.889. The van der Waals surface area contributed by atoms with Gasteiger partial charge in [0.05, 0.1) is 0 Å². The van der Waals surface area contributed by atoms with Crippen molar-refractivity contribution < 1.29 is 19.4 Å². The Morgan fingerprint density at radius 1 is 1.09 bits per heavy atom. The maximum Gasteiger partial charge on any atom is 0.303 e. The Morgan fingerprint density at radius 3 is 2.52 bits per heavy atom. The fourth-order valence-electron chi connectivity index (χ4n) is 3.82. The van der Waals surface area contributed by atoms with E-state index in [2.05, 4.69) is 5.32 Å². The quantitative estimate of drug-likeness (QED) is 0.683. The van der Waals surface area contributed by atoms with Crippen LogP contribution in [0.25, 0.3) is 0 Å². The summed E-state index contributed by atoms with van der Waals surface area (Å²) in [6.45, 7) is 1.59. The maximum absolute atomic E-state index is 12.2. The number of carbonyl (C=O) groups excluding carboxylic acids is 1. The zero-order valence-corrected chi connectivity index (χ0v) is 14.1. The lowest BCUT2D eigenvalue weighted by Crippen LogP contribution is -2.37. The highest BCUT2D eigenvalue weighted by Crippen LogP contribution is 2.28. The predicted molar refractivity (Wildman–Crippen MR) is 88.2 cm³/mol. The smallest absolute Gasteiger partial charge is 0.303 e. The summed E-state index contributed by atoms with van der Waals surface area (Å²) in [6.07, 6.45) is 10.4. The monoisotopic (exact) mass is 325 g/mol. The number of aliphatic carboxylic acids is 1. The van der Waals surface area contributed by atoms with Gasteiger partial charge >= 0.3 is 5.97 Å². The molecule has 0 aromatic heterocycles. The summed E-state index contributed by atoms with van der Waals surface area (Å²) in [5.74, 6) is 0.446. The van der Waals surface area contributed by atoms with Crippen LogP contribution in [0.2, 0.25) is 0 Å². The van der Waals surface area contributed by atoms with E-state index in [1.54, 1.807) is 0 Å². The molecule has 2 fully saturated rings. The molecule has 1 amide bonds. The molecule has 0 aromatic rings. The average molecular weight is 325 g/mol. The van der Waals surface area contributed by atoms with Gasteiger partial charge in [-0.2, -0.15) is 0 Å². The molecule has 1 saturated carbocycles. The van der Waals surface area contributed by atoms with E-state index in [4.69, 9.17) is 9.84 Å². The van der Waals surface area contributed by atoms with Crippen molar-refractivity contribution in [3.63, 3.8) is 0 Å². The molecule has 5 nitrogen and oxygen atoms in total. The summed E-state index contributed by atoms with van der Waals surface area (Å²) in [6, 6.07) is 0.0153. The Morgan fingerprint density at radius 2 is 1.87 bits per heavy atom. The third kappa shape index (κ3) is 7.34. The zero-order chi connectivity index (χ0) is 16.5. The van der Waals surface area contributed by atoms with Crippen LogP contribution in [-0.2, 0) is 14.3 Å². The topological polar surface area (TPSA) is 75.6 Å². The average Bonchev–Trinajstić information content (AvgIpc) is 3.05. The van der Waals surface area contributed by atoms with Crippen LogP contribution in [0.1, 0.15) is 70.6 Å². The van der Waals surface area contributed by atoms with Crippen LogP contribution in [0.15, 0.2) is 0 Å². The molecule has 1 saturated heterocycles. The second-order valence-electron chi connectivity index (χ2n) is 7.20. The van der Waals surface area contributed by atoms with Crippen LogP contribution < -0.4 is 5.32 Å². The van der Waals surface area contributed by atoms with E-state index >= 15 is 0 Å². The van der Waals surface area contributed by atoms with E-state index in [0.717, 1.165) is 32.5 Å². The molecule has 2 aliphatic rings. The third-order valence-corrected chi connectivity index (χ3v) is 5.22. The fourth-order valence-corrected chi connectivity index (χ4v) is 3.82. The summed E-state index contributed by atoms with van der Waals surface area (Å²) in [5.41, 5.74) is 0. The van der Waals surface area contributed by atoms with Gasteiger partial charge in [0.25, 0.3) is 0 Å². The molecule has 132 valence electrons. The third-order valence-electron chi connectivity index (χ3n) is 5.22. The molecule has 2 atom stereocenters. The molecule has 1 aliphatic carbocycles. The van der Waals surface area contributed by atoms with Gasteiger partial charge in [-0.1, -0.05) is 32.1 Å². The first-order valence-corrected chi connectivity index (χ1v) is 9.22. The Bertz CT molecular complexity index is 373. The van der Waals surface area contributed by atoms with Crippen LogP contribution >= 0.6 is 0 Å². The molecule has 2 rings (SSSR count). The van der Waals surface area contributed by atoms with Crippen molar-refractivity contribution in [2.24, 2.45) is 11.8 Å². The number of nitrogens with one attached hydrogen (secondary N) is 1. The Kier molecular flexibility index (Phi) is 7.86. The van der Waals surface area contributed by atoms with Gasteiger partial charge in [-0.15, -0.1) is 0 Å². The summed E-state index contributed by atoms with van der Waals surface area (Å²) in [7, 11) is 0. The van der Waals surface area contributed by atoms with Gasteiger partial charge in [0.15, 0.2) is 0 Å². The molecule has 23 heavy (non-hydrogen) atoms. The van der Waals surface area contributed by atoms with Gasteiger partial charge in [-0.25, -0.2) is 0 Å². The predicted octanol–water partition coefficient (Wildman–Crippen LogP) is 3.12. The van der Waals surface area contributed by atoms with Crippen LogP contribution in [0.4, 0.5) is 0 Å². The van der Waals surface area contributed by atoms with E-state index in [9.17, 15) is 9.59 Å². The highest BCUT2D eigenvalue weighted by Gasteiger charge is 2.22. The van der Waals surface area contributed by atoms with Crippen molar-refractivity contribution in [2.75, 3.05) is 13.2 Å². The highest BCUT2D eigenvalue weighted by molar-refractivity contribution is 5.76. The molecule has 0 radical (unpaired) electrons. The number of rotatable bonds is 9. The lowest BCUT2D eigenvalue weighted by molar-refractivity contribution is -0.137. The van der Waals surface area contributed by atoms with Crippen molar-refractivity contribution >= 4 is 11.9 Å². The number of hydrogen-bond donors (Lipinski definition) is 2. The molecule has 0 spiro atoms. The van der Waals surface area contributed by atoms with Crippen LogP contribution in [0, 0.1) is 11.8 Å². The molecular weight excluding hydrogens is 294 g/mol. The van der Waals surface area contributed by atoms with Crippen LogP contribution in [-0.4, -0.2) is 36.2 Å². The van der Waals surface area contributed by atoms with Gasteiger partial charge in [0, 0.05) is 32.1 Å². The summed E-state index contributed by atoms with van der Waals surface area (Å²) < 4.78 is 5.34. The van der Waals surface area contributed by atoms with Crippen molar-refractivity contribution in [1.29, 1.82) is 0 Å². The van der Waals surface area contributed by atoms with E-state index in [1.807, 2.05) is 0 Å². The minimum absolute atomic E-state index is 0.0153. The molecule has 0 aromatic carbocycles. The Labute approximate surface area is 139 Å². The molecular formula is C18H31NO4. The summed E-state index contributed by atoms with van der Waals surface area (Å²) in [4.78, 5) is 23.1. The normalized spacial score (nSPS) is 23.6. The van der Waals surface area contributed by atoms with Crippen molar-refractivity contribution in [1.82, 2.24) is 5.32 Å². The Balaban J connectivity index is 1.74. The van der Waals surface area contributed by atoms with Gasteiger partial charge in [-0.3, -0.25) is 9.59 Å². The number of hydrogen-bond acceptors (Lipinski definition) is 3. The van der Waals surface area contributed by atoms with Gasteiger partial charge < -0.3 is 15.2 Å². The van der Waals surface area contributed by atoms with E-state index in [1.165, 1.54) is 32.1 Å². The largest absolute Gasteiger partial charge is 0.481 e. The van der Waals surface area contributed by atoms with Crippen molar-refractivity contribution in [3.05, 3.63) is 0 Å². The lowest BCUT2D eigenvalue weighted by Gasteiger charge is -2.27.